The highest BCUT2D eigenvalue weighted by molar-refractivity contribution is 6.40. The Morgan fingerprint density at radius 1 is 0.949 bits per heavy atom. The first-order valence-corrected chi connectivity index (χ1v) is 12.6. The highest BCUT2D eigenvalue weighted by Crippen LogP contribution is 2.35. The molecular weight excluding hydrogens is 569 g/mol. The van der Waals surface area contributed by atoms with E-state index in [0.717, 1.165) is 4.90 Å². The molecule has 1 aliphatic rings. The molecule has 0 aliphatic carbocycles. The van der Waals surface area contributed by atoms with Crippen molar-refractivity contribution in [1.82, 2.24) is 5.32 Å². The van der Waals surface area contributed by atoms with Crippen LogP contribution in [0.4, 0.5) is 16.2 Å². The van der Waals surface area contributed by atoms with Crippen molar-refractivity contribution in [3.8, 4) is 11.5 Å². The Kier molecular flexibility index (Phi) is 8.75. The molecule has 2 N–H and O–H groups in total. The van der Waals surface area contributed by atoms with Gasteiger partial charge in [0.15, 0.2) is 12.4 Å². The molecule has 9 nitrogen and oxygen atoms in total. The van der Waals surface area contributed by atoms with E-state index in [0.29, 0.717) is 28.6 Å². The van der Waals surface area contributed by atoms with Crippen LogP contribution in [0.1, 0.15) is 12.5 Å². The number of urea groups is 1. The van der Waals surface area contributed by atoms with Crippen LogP contribution in [0.25, 0.3) is 6.08 Å². The van der Waals surface area contributed by atoms with Crippen molar-refractivity contribution in [2.45, 2.75) is 6.92 Å². The summed E-state index contributed by atoms with van der Waals surface area (Å²) in [7, 11) is 0. The van der Waals surface area contributed by atoms with Crippen LogP contribution in [0.2, 0.25) is 15.1 Å². The van der Waals surface area contributed by atoms with E-state index in [4.69, 9.17) is 44.3 Å². The summed E-state index contributed by atoms with van der Waals surface area (Å²) in [6, 6.07) is 14.7. The fourth-order valence-electron chi connectivity index (χ4n) is 3.59. The zero-order valence-electron chi connectivity index (χ0n) is 20.3. The van der Waals surface area contributed by atoms with E-state index in [9.17, 15) is 19.2 Å². The monoisotopic (exact) mass is 587 g/mol. The molecule has 1 fully saturated rings. The predicted molar refractivity (Wildman–Crippen MR) is 149 cm³/mol. The van der Waals surface area contributed by atoms with Crippen molar-refractivity contribution >= 4 is 76.0 Å². The number of halogens is 3. The lowest BCUT2D eigenvalue weighted by Crippen LogP contribution is -2.54. The molecule has 0 bridgehead atoms. The van der Waals surface area contributed by atoms with Crippen LogP contribution in [0.5, 0.6) is 11.5 Å². The maximum absolute atomic E-state index is 13.1. The van der Waals surface area contributed by atoms with Crippen LogP contribution in [-0.2, 0) is 14.4 Å². The van der Waals surface area contributed by atoms with Crippen molar-refractivity contribution in [2.24, 2.45) is 0 Å². The normalized spacial score (nSPS) is 14.3. The van der Waals surface area contributed by atoms with E-state index in [1.54, 1.807) is 36.4 Å². The van der Waals surface area contributed by atoms with Gasteiger partial charge in [0, 0.05) is 10.7 Å². The standard InChI is InChI=1S/C27H20Cl3N3O6/c1-2-38-19-9-7-18(8-10-19)33-26(36)20(25(35)32-27(33)37)11-15-12-21(29)24(22(30)13-15)39-14-23(34)31-17-5-3-16(28)4-6-17/h3-13H,2,14H2,1H3,(H,31,34)(H,32,35,37)/b20-11+. The Hall–Kier alpha value is -4.05. The molecule has 0 unspecified atom stereocenters. The van der Waals surface area contributed by atoms with E-state index in [2.05, 4.69) is 10.6 Å². The van der Waals surface area contributed by atoms with Crippen LogP contribution in [0.15, 0.2) is 66.2 Å². The first kappa shape index (κ1) is 28.0. The number of carbonyl (C=O) groups is 4. The average molecular weight is 589 g/mol. The zero-order chi connectivity index (χ0) is 28.1. The number of benzene rings is 3. The Labute approximate surface area is 238 Å². The maximum atomic E-state index is 13.1. The largest absolute Gasteiger partial charge is 0.494 e. The van der Waals surface area contributed by atoms with Crippen LogP contribution in [0, 0.1) is 0 Å². The number of anilines is 2. The third-order valence-corrected chi connectivity index (χ3v) is 6.13. The van der Waals surface area contributed by atoms with Crippen molar-refractivity contribution < 1.29 is 28.7 Å². The summed E-state index contributed by atoms with van der Waals surface area (Å²) in [5, 5.41) is 5.40. The van der Waals surface area contributed by atoms with Gasteiger partial charge < -0.3 is 14.8 Å². The van der Waals surface area contributed by atoms with Crippen molar-refractivity contribution in [1.29, 1.82) is 0 Å². The Morgan fingerprint density at radius 2 is 1.59 bits per heavy atom. The summed E-state index contributed by atoms with van der Waals surface area (Å²) in [6.07, 6.45) is 1.25. The molecule has 1 aliphatic heterocycles. The summed E-state index contributed by atoms with van der Waals surface area (Å²) < 4.78 is 10.9. The molecule has 0 radical (unpaired) electrons. The highest BCUT2D eigenvalue weighted by Gasteiger charge is 2.36. The number of hydrogen-bond donors (Lipinski definition) is 2. The van der Waals surface area contributed by atoms with Gasteiger partial charge in [-0.05, 0) is 79.2 Å². The van der Waals surface area contributed by atoms with Gasteiger partial charge in [-0.1, -0.05) is 34.8 Å². The number of carbonyl (C=O) groups excluding carboxylic acids is 4. The zero-order valence-corrected chi connectivity index (χ0v) is 22.6. The lowest BCUT2D eigenvalue weighted by molar-refractivity contribution is -0.122. The van der Waals surface area contributed by atoms with E-state index in [1.807, 2.05) is 6.92 Å². The lowest BCUT2D eigenvalue weighted by Gasteiger charge is -2.26. The highest BCUT2D eigenvalue weighted by atomic mass is 35.5. The molecule has 0 aromatic heterocycles. The number of hydrogen-bond acceptors (Lipinski definition) is 6. The third kappa shape index (κ3) is 6.69. The van der Waals surface area contributed by atoms with Crippen molar-refractivity contribution in [3.63, 3.8) is 0 Å². The van der Waals surface area contributed by atoms with Gasteiger partial charge >= 0.3 is 6.03 Å². The van der Waals surface area contributed by atoms with Gasteiger partial charge in [0.25, 0.3) is 17.7 Å². The average Bonchev–Trinajstić information content (AvgIpc) is 2.88. The van der Waals surface area contributed by atoms with Crippen LogP contribution in [0.3, 0.4) is 0 Å². The SMILES string of the molecule is CCOc1ccc(N2C(=O)NC(=O)/C(=C\c3cc(Cl)c(OCC(=O)Nc4ccc(Cl)cc4)c(Cl)c3)C2=O)cc1. The summed E-state index contributed by atoms with van der Waals surface area (Å²) in [5.41, 5.74) is 0.755. The smallest absolute Gasteiger partial charge is 0.335 e. The fraction of sp³-hybridized carbons (Fsp3) is 0.111. The van der Waals surface area contributed by atoms with Crippen LogP contribution in [-0.4, -0.2) is 37.0 Å². The van der Waals surface area contributed by atoms with Gasteiger partial charge in [0.05, 0.1) is 22.3 Å². The molecule has 1 heterocycles. The topological polar surface area (TPSA) is 114 Å². The second kappa shape index (κ2) is 12.2. The molecule has 39 heavy (non-hydrogen) atoms. The van der Waals surface area contributed by atoms with E-state index in [1.165, 1.54) is 30.3 Å². The molecule has 200 valence electrons. The fourth-order valence-corrected chi connectivity index (χ4v) is 4.32. The third-order valence-electron chi connectivity index (χ3n) is 5.31. The number of imide groups is 2. The van der Waals surface area contributed by atoms with E-state index in [-0.39, 0.29) is 33.7 Å². The first-order chi connectivity index (χ1) is 18.7. The molecular formula is C27H20Cl3N3O6. The Balaban J connectivity index is 1.50. The molecule has 4 rings (SSSR count). The second-order valence-electron chi connectivity index (χ2n) is 8.04. The molecule has 1 saturated heterocycles. The Morgan fingerprint density at radius 3 is 2.21 bits per heavy atom. The van der Waals surface area contributed by atoms with Gasteiger partial charge in [-0.15, -0.1) is 0 Å². The van der Waals surface area contributed by atoms with Crippen molar-refractivity contribution in [2.75, 3.05) is 23.4 Å². The van der Waals surface area contributed by atoms with E-state index >= 15 is 0 Å². The molecule has 3 aromatic rings. The molecule has 0 saturated carbocycles. The predicted octanol–water partition coefficient (Wildman–Crippen LogP) is 5.73. The minimum Gasteiger partial charge on any atom is -0.494 e. The molecule has 12 heteroatoms. The number of rotatable bonds is 8. The summed E-state index contributed by atoms with van der Waals surface area (Å²) >= 11 is 18.5. The summed E-state index contributed by atoms with van der Waals surface area (Å²) in [4.78, 5) is 51.2. The van der Waals surface area contributed by atoms with Crippen LogP contribution >= 0.6 is 34.8 Å². The molecule has 5 amide bonds. The number of amides is 5. The van der Waals surface area contributed by atoms with Gasteiger partial charge in [-0.25, -0.2) is 9.69 Å². The number of nitrogens with one attached hydrogen (secondary N) is 2. The van der Waals surface area contributed by atoms with Gasteiger partial charge in [0.2, 0.25) is 0 Å². The van der Waals surface area contributed by atoms with Crippen molar-refractivity contribution in [3.05, 3.63) is 86.9 Å². The second-order valence-corrected chi connectivity index (χ2v) is 9.29. The quantitative estimate of drug-likeness (QED) is 0.257. The minimum atomic E-state index is -0.886. The molecule has 0 spiro atoms. The van der Waals surface area contributed by atoms with Gasteiger partial charge in [0.1, 0.15) is 11.3 Å². The number of barbiturate groups is 1. The minimum absolute atomic E-state index is 0.0387. The lowest BCUT2D eigenvalue weighted by atomic mass is 10.1. The van der Waals surface area contributed by atoms with Gasteiger partial charge in [-0.2, -0.15) is 0 Å². The van der Waals surface area contributed by atoms with E-state index < -0.39 is 23.8 Å². The summed E-state index contributed by atoms with van der Waals surface area (Å²) in [5.74, 6) is -1.57. The molecule has 0 atom stereocenters. The maximum Gasteiger partial charge on any atom is 0.335 e. The molecule has 3 aromatic carbocycles. The first-order valence-electron chi connectivity index (χ1n) is 11.5. The van der Waals surface area contributed by atoms with Gasteiger partial charge in [-0.3, -0.25) is 19.7 Å². The Bertz CT molecular complexity index is 1450. The summed E-state index contributed by atoms with van der Waals surface area (Å²) in [6.45, 7) is 1.90. The number of nitrogens with zero attached hydrogens (tertiary/aromatic N) is 1. The number of ether oxygens (including phenoxy) is 2. The van der Waals surface area contributed by atoms with Crippen LogP contribution < -0.4 is 25.0 Å².